The third kappa shape index (κ3) is 8.99. The highest BCUT2D eigenvalue weighted by atomic mass is 32.1. The minimum Gasteiger partial charge on any atom is -0.480 e. The van der Waals surface area contributed by atoms with Crippen molar-refractivity contribution < 1.29 is 24.2 Å². The summed E-state index contributed by atoms with van der Waals surface area (Å²) in [6.45, 7) is -0.302. The quantitative estimate of drug-likeness (QED) is 0.559. The van der Waals surface area contributed by atoms with Gasteiger partial charge in [-0.15, -0.1) is 4.36 Å². The maximum atomic E-state index is 10.4. The Morgan fingerprint density at radius 2 is 1.77 bits per heavy atom. The lowest BCUT2D eigenvalue weighted by Crippen LogP contribution is -2.13. The Kier molecular flexibility index (Phi) is 7.17. The summed E-state index contributed by atoms with van der Waals surface area (Å²) < 4.78 is 12.3. The number of aliphatic carboxylic acids is 1. The van der Waals surface area contributed by atoms with Crippen molar-refractivity contribution in [3.63, 3.8) is 0 Å². The molecular weight excluding hydrogens is 198 g/mol. The second-order valence-electron chi connectivity index (χ2n) is 1.98. The largest absolute Gasteiger partial charge is 0.480 e. The van der Waals surface area contributed by atoms with Crippen LogP contribution >= 0.6 is 0 Å². The number of amides is 1. The van der Waals surface area contributed by atoms with Gasteiger partial charge in [-0.3, -0.25) is 4.79 Å². The van der Waals surface area contributed by atoms with Crippen molar-refractivity contribution in [1.29, 1.82) is 0 Å². The molecule has 0 aromatic carbocycles. The maximum absolute atomic E-state index is 10.4. The zero-order valence-electron chi connectivity index (χ0n) is 6.76. The predicted octanol–water partition coefficient (Wildman–Crippen LogP) is -0.639. The summed E-state index contributed by atoms with van der Waals surface area (Å²) in [7, 11) is 0. The van der Waals surface area contributed by atoms with E-state index in [2.05, 4.69) is 21.5 Å². The lowest BCUT2D eigenvalue weighted by Gasteiger charge is -2.00. The van der Waals surface area contributed by atoms with Gasteiger partial charge < -0.3 is 14.6 Å². The standard InChI is InChI=1S/C6H9NO5S/c8-5(7-13)3-11-1-2-12-4-6(9)10/h1-4H2,(H,9,10). The van der Waals surface area contributed by atoms with Crippen LogP contribution < -0.4 is 0 Å². The van der Waals surface area contributed by atoms with E-state index in [9.17, 15) is 9.59 Å². The monoisotopic (exact) mass is 207 g/mol. The van der Waals surface area contributed by atoms with E-state index in [0.29, 0.717) is 0 Å². The van der Waals surface area contributed by atoms with Crippen LogP contribution in [0.25, 0.3) is 0 Å². The Morgan fingerprint density at radius 3 is 2.23 bits per heavy atom. The first-order valence-corrected chi connectivity index (χ1v) is 3.76. The summed E-state index contributed by atoms with van der Waals surface area (Å²) >= 11 is 4.10. The van der Waals surface area contributed by atoms with E-state index in [4.69, 9.17) is 9.84 Å². The molecule has 0 aliphatic rings. The first-order chi connectivity index (χ1) is 6.16. The second-order valence-corrected chi connectivity index (χ2v) is 2.17. The smallest absolute Gasteiger partial charge is 0.329 e. The summed E-state index contributed by atoms with van der Waals surface area (Å²) in [6.07, 6.45) is 0. The Morgan fingerprint density at radius 1 is 1.23 bits per heavy atom. The summed E-state index contributed by atoms with van der Waals surface area (Å²) in [4.78, 5) is 20.4. The Bertz CT molecular complexity index is 195. The van der Waals surface area contributed by atoms with Gasteiger partial charge in [0.15, 0.2) is 0 Å². The van der Waals surface area contributed by atoms with Crippen molar-refractivity contribution in [3.05, 3.63) is 0 Å². The number of carbonyl (C=O) groups is 2. The van der Waals surface area contributed by atoms with Gasteiger partial charge in [-0.1, -0.05) is 0 Å². The molecule has 0 radical (unpaired) electrons. The van der Waals surface area contributed by atoms with Gasteiger partial charge in [0, 0.05) is 12.4 Å². The number of nitrogens with zero attached hydrogens (tertiary/aromatic N) is 1. The summed E-state index contributed by atoms with van der Waals surface area (Å²) in [6, 6.07) is 0. The van der Waals surface area contributed by atoms with E-state index in [1.165, 1.54) is 0 Å². The van der Waals surface area contributed by atoms with Gasteiger partial charge in [-0.2, -0.15) is 0 Å². The second kappa shape index (κ2) is 7.71. The lowest BCUT2D eigenvalue weighted by molar-refractivity contribution is -0.143. The van der Waals surface area contributed by atoms with Gasteiger partial charge in [0.2, 0.25) is 0 Å². The van der Waals surface area contributed by atoms with Crippen molar-refractivity contribution in [3.8, 4) is 0 Å². The molecule has 0 aromatic rings. The van der Waals surface area contributed by atoms with Gasteiger partial charge in [-0.05, 0) is 0 Å². The third-order valence-corrected chi connectivity index (χ3v) is 1.13. The molecule has 13 heavy (non-hydrogen) atoms. The van der Waals surface area contributed by atoms with Crippen molar-refractivity contribution in [2.45, 2.75) is 0 Å². The molecule has 1 N–H and O–H groups in total. The number of ether oxygens (including phenoxy) is 2. The maximum Gasteiger partial charge on any atom is 0.329 e. The predicted molar refractivity (Wildman–Crippen MR) is 44.1 cm³/mol. The first kappa shape index (κ1) is 12.1. The summed E-state index contributed by atoms with van der Waals surface area (Å²) in [5.74, 6) is -1.58. The van der Waals surface area contributed by atoms with Crippen molar-refractivity contribution in [2.24, 2.45) is 4.36 Å². The number of carbonyl (C=O) groups excluding carboxylic acids is 1. The Labute approximate surface area is 80.0 Å². The van der Waals surface area contributed by atoms with Crippen LogP contribution in [0.1, 0.15) is 0 Å². The molecule has 0 atom stereocenters. The number of carboxylic acid groups (broad SMARTS) is 1. The van der Waals surface area contributed by atoms with Crippen molar-refractivity contribution >= 4 is 24.3 Å². The fraction of sp³-hybridized carbons (Fsp3) is 0.667. The number of hydrogen-bond donors (Lipinski definition) is 1. The zero-order valence-corrected chi connectivity index (χ0v) is 7.58. The molecule has 0 heterocycles. The van der Waals surface area contributed by atoms with Crippen LogP contribution in [0.4, 0.5) is 0 Å². The normalized spacial score (nSPS) is 9.54. The van der Waals surface area contributed by atoms with Crippen LogP contribution in [0.2, 0.25) is 0 Å². The molecule has 0 fully saturated rings. The van der Waals surface area contributed by atoms with Crippen molar-refractivity contribution in [2.75, 3.05) is 26.4 Å². The van der Waals surface area contributed by atoms with E-state index < -0.39 is 11.9 Å². The number of carboxylic acids is 1. The van der Waals surface area contributed by atoms with Crippen molar-refractivity contribution in [1.82, 2.24) is 0 Å². The average molecular weight is 207 g/mol. The highest BCUT2D eigenvalue weighted by Gasteiger charge is 1.98. The first-order valence-electron chi connectivity index (χ1n) is 3.40. The summed E-state index contributed by atoms with van der Waals surface area (Å²) in [5, 5.41) is 8.15. The van der Waals surface area contributed by atoms with E-state index >= 15 is 0 Å². The molecule has 0 spiro atoms. The Hall–Kier alpha value is -0.920. The van der Waals surface area contributed by atoms with Gasteiger partial charge in [0.25, 0.3) is 5.91 Å². The SMILES string of the molecule is O=C(O)COCCOCC(=O)N=S. The molecule has 0 rings (SSSR count). The molecule has 6 nitrogen and oxygen atoms in total. The number of hydrogen-bond acceptors (Lipinski definition) is 5. The minimum absolute atomic E-state index is 0.122. The molecule has 0 aliphatic heterocycles. The molecule has 7 heteroatoms. The van der Waals surface area contributed by atoms with Crippen LogP contribution in [-0.2, 0) is 31.5 Å². The molecule has 0 saturated heterocycles. The lowest BCUT2D eigenvalue weighted by atomic mass is 10.6. The van der Waals surface area contributed by atoms with E-state index in [1.54, 1.807) is 0 Å². The topological polar surface area (TPSA) is 85.2 Å². The van der Waals surface area contributed by atoms with Crippen LogP contribution in [0, 0.1) is 0 Å². The molecule has 0 bridgehead atoms. The van der Waals surface area contributed by atoms with E-state index in [1.807, 2.05) is 0 Å². The zero-order chi connectivity index (χ0) is 10.1. The van der Waals surface area contributed by atoms with Crippen LogP contribution in [0.15, 0.2) is 4.36 Å². The van der Waals surface area contributed by atoms with Gasteiger partial charge in [0.1, 0.15) is 13.2 Å². The molecule has 0 unspecified atom stereocenters. The van der Waals surface area contributed by atoms with Crippen LogP contribution in [0.3, 0.4) is 0 Å². The molecule has 0 aliphatic carbocycles. The van der Waals surface area contributed by atoms with E-state index in [-0.39, 0.29) is 26.4 Å². The fourth-order valence-electron chi connectivity index (χ4n) is 0.463. The molecule has 0 saturated carbocycles. The minimum atomic E-state index is -1.04. The van der Waals surface area contributed by atoms with Crippen LogP contribution in [0.5, 0.6) is 0 Å². The number of rotatable bonds is 7. The average Bonchev–Trinajstić information content (AvgIpc) is 2.10. The van der Waals surface area contributed by atoms with Gasteiger partial charge in [-0.25, -0.2) is 4.79 Å². The third-order valence-electron chi connectivity index (χ3n) is 0.925. The molecular formula is C6H9NO5S. The highest BCUT2D eigenvalue weighted by Crippen LogP contribution is 1.81. The Balaban J connectivity index is 3.12. The molecule has 1 amide bonds. The molecule has 0 aromatic heterocycles. The van der Waals surface area contributed by atoms with E-state index in [0.717, 1.165) is 0 Å². The van der Waals surface area contributed by atoms with Gasteiger partial charge in [0.05, 0.1) is 13.2 Å². The summed E-state index contributed by atoms with van der Waals surface area (Å²) in [5.41, 5.74) is 0. The highest BCUT2D eigenvalue weighted by molar-refractivity contribution is 7.47. The molecule has 74 valence electrons. The van der Waals surface area contributed by atoms with Gasteiger partial charge >= 0.3 is 5.97 Å². The van der Waals surface area contributed by atoms with Crippen LogP contribution in [-0.4, -0.2) is 43.4 Å². The fourth-order valence-corrected chi connectivity index (χ4v) is 0.516.